The fraction of sp³-hybridized carbons (Fsp3) is 0.643. The Balaban J connectivity index is 2.38. The molecule has 0 bridgehead atoms. The van der Waals surface area contributed by atoms with E-state index in [1.807, 2.05) is 6.07 Å². The van der Waals surface area contributed by atoms with Crippen molar-refractivity contribution in [2.75, 3.05) is 13.7 Å². The van der Waals surface area contributed by atoms with Gasteiger partial charge in [0.25, 0.3) is 0 Å². The molecule has 1 N–H and O–H groups in total. The highest BCUT2D eigenvalue weighted by molar-refractivity contribution is 7.12. The minimum absolute atomic E-state index is 0.177. The van der Waals surface area contributed by atoms with Crippen molar-refractivity contribution in [3.8, 4) is 0 Å². The summed E-state index contributed by atoms with van der Waals surface area (Å²) in [5, 5.41) is 3.47. The summed E-state index contributed by atoms with van der Waals surface area (Å²) in [5.41, 5.74) is 0.339. The van der Waals surface area contributed by atoms with E-state index in [1.54, 1.807) is 11.3 Å². The molecule has 0 atom stereocenters. The van der Waals surface area contributed by atoms with E-state index >= 15 is 0 Å². The van der Waals surface area contributed by atoms with Gasteiger partial charge in [0.2, 0.25) is 0 Å². The van der Waals surface area contributed by atoms with Gasteiger partial charge >= 0.3 is 5.97 Å². The summed E-state index contributed by atoms with van der Waals surface area (Å²) < 4.78 is 4.66. The summed E-state index contributed by atoms with van der Waals surface area (Å²) in [6.07, 6.45) is 1.54. The van der Waals surface area contributed by atoms with Crippen LogP contribution in [0.5, 0.6) is 0 Å². The molecule has 1 heterocycles. The fourth-order valence-electron chi connectivity index (χ4n) is 1.48. The Kier molecular flexibility index (Phi) is 5.82. The lowest BCUT2D eigenvalue weighted by Crippen LogP contribution is -2.28. The summed E-state index contributed by atoms with van der Waals surface area (Å²) in [7, 11) is 1.42. The highest BCUT2D eigenvalue weighted by Crippen LogP contribution is 2.20. The zero-order valence-electron chi connectivity index (χ0n) is 11.7. The molecule has 0 aliphatic carbocycles. The molecule has 0 aliphatic rings. The molecule has 102 valence electrons. The average Bonchev–Trinajstić information content (AvgIpc) is 2.76. The number of carbonyl (C=O) groups excluding carboxylic acids is 1. The molecule has 0 spiro atoms. The molecular weight excluding hydrogens is 246 g/mol. The highest BCUT2D eigenvalue weighted by atomic mass is 32.1. The van der Waals surface area contributed by atoms with Crippen LogP contribution in [0.1, 0.15) is 36.9 Å². The van der Waals surface area contributed by atoms with Crippen LogP contribution in [-0.2, 0) is 22.5 Å². The van der Waals surface area contributed by atoms with Crippen molar-refractivity contribution in [2.45, 2.75) is 40.2 Å². The molecule has 18 heavy (non-hydrogen) atoms. The number of nitrogens with one attached hydrogen (secondary N) is 1. The lowest BCUT2D eigenvalue weighted by atomic mass is 9.90. The largest absolute Gasteiger partial charge is 0.469 e. The number of ether oxygens (including phenoxy) is 1. The maximum Gasteiger partial charge on any atom is 0.310 e. The Hall–Kier alpha value is -0.870. The molecule has 0 fully saturated rings. The Labute approximate surface area is 114 Å². The van der Waals surface area contributed by atoms with Gasteiger partial charge in [0, 0.05) is 22.8 Å². The van der Waals surface area contributed by atoms with Gasteiger partial charge in [-0.25, -0.2) is 0 Å². The quantitative estimate of drug-likeness (QED) is 0.773. The van der Waals surface area contributed by atoms with Crippen LogP contribution in [0, 0.1) is 5.41 Å². The predicted octanol–water partition coefficient (Wildman–Crippen LogP) is 2.99. The van der Waals surface area contributed by atoms with Crippen LogP contribution >= 0.6 is 11.3 Å². The summed E-state index contributed by atoms with van der Waals surface area (Å²) in [5.74, 6) is -0.177. The summed E-state index contributed by atoms with van der Waals surface area (Å²) in [4.78, 5) is 13.5. The molecule has 4 heteroatoms. The van der Waals surface area contributed by atoms with E-state index in [9.17, 15) is 4.79 Å². The molecule has 0 unspecified atom stereocenters. The SMILES string of the molecule is CCC(C)(C)CNCc1ccc(CC(=O)OC)s1. The van der Waals surface area contributed by atoms with E-state index in [0.717, 1.165) is 24.4 Å². The second kappa shape index (κ2) is 6.90. The van der Waals surface area contributed by atoms with Gasteiger partial charge in [-0.05, 0) is 24.0 Å². The normalized spacial score (nSPS) is 11.6. The smallest absolute Gasteiger partial charge is 0.310 e. The third kappa shape index (κ3) is 5.19. The molecular formula is C14H23NO2S. The van der Waals surface area contributed by atoms with Crippen molar-refractivity contribution in [3.05, 3.63) is 21.9 Å². The Morgan fingerprint density at radius 3 is 2.67 bits per heavy atom. The molecule has 1 aromatic heterocycles. The van der Waals surface area contributed by atoms with Crippen molar-refractivity contribution < 1.29 is 9.53 Å². The molecule has 0 saturated heterocycles. The number of carbonyl (C=O) groups is 1. The zero-order valence-corrected chi connectivity index (χ0v) is 12.5. The first-order valence-electron chi connectivity index (χ1n) is 6.32. The number of hydrogen-bond donors (Lipinski definition) is 1. The first kappa shape index (κ1) is 15.2. The van der Waals surface area contributed by atoms with Crippen molar-refractivity contribution in [1.29, 1.82) is 0 Å². The van der Waals surface area contributed by atoms with Gasteiger partial charge in [-0.1, -0.05) is 20.8 Å². The Morgan fingerprint density at radius 1 is 1.39 bits per heavy atom. The minimum atomic E-state index is -0.177. The number of methoxy groups -OCH3 is 1. The molecule has 0 aliphatic heterocycles. The number of hydrogen-bond acceptors (Lipinski definition) is 4. The molecule has 0 aromatic carbocycles. The van der Waals surface area contributed by atoms with E-state index in [0.29, 0.717) is 11.8 Å². The average molecular weight is 269 g/mol. The van der Waals surface area contributed by atoms with E-state index < -0.39 is 0 Å². The van der Waals surface area contributed by atoms with Crippen LogP contribution in [0.4, 0.5) is 0 Å². The lowest BCUT2D eigenvalue weighted by molar-refractivity contribution is -0.139. The van der Waals surface area contributed by atoms with E-state index in [2.05, 4.69) is 36.9 Å². The minimum Gasteiger partial charge on any atom is -0.469 e. The van der Waals surface area contributed by atoms with E-state index in [1.165, 1.54) is 12.0 Å². The van der Waals surface area contributed by atoms with Gasteiger partial charge in [0.05, 0.1) is 13.5 Å². The van der Waals surface area contributed by atoms with Crippen LogP contribution < -0.4 is 5.32 Å². The standard InChI is InChI=1S/C14H23NO2S/c1-5-14(2,3)10-15-9-12-7-6-11(18-12)8-13(16)17-4/h6-7,15H,5,8-10H2,1-4H3. The summed E-state index contributed by atoms with van der Waals surface area (Å²) >= 11 is 1.67. The number of rotatable bonds is 7. The molecule has 0 radical (unpaired) electrons. The number of thiophene rings is 1. The third-order valence-corrected chi connectivity index (χ3v) is 4.21. The van der Waals surface area contributed by atoms with E-state index in [-0.39, 0.29) is 5.97 Å². The lowest BCUT2D eigenvalue weighted by Gasteiger charge is -2.22. The van der Waals surface area contributed by atoms with Gasteiger partial charge < -0.3 is 10.1 Å². The van der Waals surface area contributed by atoms with Crippen LogP contribution in [0.3, 0.4) is 0 Å². The van der Waals surface area contributed by atoms with E-state index in [4.69, 9.17) is 0 Å². The summed E-state index contributed by atoms with van der Waals surface area (Å²) in [6, 6.07) is 4.08. The Bertz CT molecular complexity index is 385. The van der Waals surface area contributed by atoms with Crippen molar-refractivity contribution >= 4 is 17.3 Å². The first-order chi connectivity index (χ1) is 8.46. The van der Waals surface area contributed by atoms with Crippen LogP contribution in [0.15, 0.2) is 12.1 Å². The molecule has 0 saturated carbocycles. The topological polar surface area (TPSA) is 38.3 Å². The van der Waals surface area contributed by atoms with Gasteiger partial charge in [-0.3, -0.25) is 4.79 Å². The van der Waals surface area contributed by atoms with Gasteiger partial charge in [-0.15, -0.1) is 11.3 Å². The fourth-order valence-corrected chi connectivity index (χ4v) is 2.45. The predicted molar refractivity (Wildman–Crippen MR) is 75.8 cm³/mol. The maximum atomic E-state index is 11.1. The maximum absolute atomic E-state index is 11.1. The molecule has 1 rings (SSSR count). The summed E-state index contributed by atoms with van der Waals surface area (Å²) in [6.45, 7) is 8.61. The van der Waals surface area contributed by atoms with Gasteiger partial charge in [-0.2, -0.15) is 0 Å². The van der Waals surface area contributed by atoms with Crippen LogP contribution in [0.2, 0.25) is 0 Å². The van der Waals surface area contributed by atoms with Gasteiger partial charge in [0.15, 0.2) is 0 Å². The highest BCUT2D eigenvalue weighted by Gasteiger charge is 2.14. The monoisotopic (exact) mass is 269 g/mol. The van der Waals surface area contributed by atoms with Gasteiger partial charge in [0.1, 0.15) is 0 Å². The van der Waals surface area contributed by atoms with Crippen molar-refractivity contribution in [1.82, 2.24) is 5.32 Å². The zero-order chi connectivity index (χ0) is 13.6. The second-order valence-electron chi connectivity index (χ2n) is 5.24. The van der Waals surface area contributed by atoms with Crippen molar-refractivity contribution in [3.63, 3.8) is 0 Å². The van der Waals surface area contributed by atoms with Crippen LogP contribution in [-0.4, -0.2) is 19.6 Å². The second-order valence-corrected chi connectivity index (χ2v) is 6.50. The van der Waals surface area contributed by atoms with Crippen LogP contribution in [0.25, 0.3) is 0 Å². The number of esters is 1. The molecule has 1 aromatic rings. The third-order valence-electron chi connectivity index (χ3n) is 3.12. The Morgan fingerprint density at radius 2 is 2.06 bits per heavy atom. The molecule has 3 nitrogen and oxygen atoms in total. The van der Waals surface area contributed by atoms with Crippen molar-refractivity contribution in [2.24, 2.45) is 5.41 Å². The first-order valence-corrected chi connectivity index (χ1v) is 7.13. The molecule has 0 amide bonds.